The average molecular weight is 568 g/mol. The molecule has 1 saturated carbocycles. The van der Waals surface area contributed by atoms with Crippen molar-refractivity contribution in [2.24, 2.45) is 0 Å². The number of carbonyl (C=O) groups is 1. The van der Waals surface area contributed by atoms with Crippen molar-refractivity contribution in [3.05, 3.63) is 77.9 Å². The predicted octanol–water partition coefficient (Wildman–Crippen LogP) is 6.46. The summed E-state index contributed by atoms with van der Waals surface area (Å²) in [6, 6.07) is 15.5. The van der Waals surface area contributed by atoms with Gasteiger partial charge in [0, 0.05) is 36.8 Å². The van der Waals surface area contributed by atoms with Crippen molar-refractivity contribution in [1.29, 1.82) is 0 Å². The molecule has 1 heterocycles. The second kappa shape index (κ2) is 12.9. The van der Waals surface area contributed by atoms with Crippen molar-refractivity contribution in [3.63, 3.8) is 0 Å². The minimum absolute atomic E-state index is 0.000764. The molecular formula is C28H33Cl3N2O4. The lowest BCUT2D eigenvalue weighted by molar-refractivity contribution is -0.253. The van der Waals surface area contributed by atoms with Crippen molar-refractivity contribution in [1.82, 2.24) is 4.90 Å². The quantitative estimate of drug-likeness (QED) is 0.269. The van der Waals surface area contributed by atoms with Crippen LogP contribution in [0.1, 0.15) is 61.2 Å². The second-order valence-corrected chi connectivity index (χ2v) is 11.9. The van der Waals surface area contributed by atoms with Crippen LogP contribution in [0.5, 0.6) is 0 Å². The SMILES string of the molecule is C=CCN(CC1CC(c2ccc(CO)cc2)OC(c2ccc(NC(=O)C(Cl)(Cl)Cl)cc2)O1)C1CCCC1. The van der Waals surface area contributed by atoms with Gasteiger partial charge in [-0.2, -0.15) is 0 Å². The van der Waals surface area contributed by atoms with Gasteiger partial charge in [-0.15, -0.1) is 6.58 Å². The van der Waals surface area contributed by atoms with Crippen LogP contribution in [0.3, 0.4) is 0 Å². The van der Waals surface area contributed by atoms with Crippen molar-refractivity contribution >= 4 is 46.4 Å². The fourth-order valence-electron chi connectivity index (χ4n) is 5.03. The first-order chi connectivity index (χ1) is 17.8. The van der Waals surface area contributed by atoms with Crippen LogP contribution in [-0.4, -0.2) is 44.9 Å². The maximum Gasteiger partial charge on any atom is 0.276 e. The van der Waals surface area contributed by atoms with E-state index in [1.807, 2.05) is 42.5 Å². The lowest BCUT2D eigenvalue weighted by atomic mass is 9.99. The van der Waals surface area contributed by atoms with Gasteiger partial charge in [0.05, 0.1) is 18.8 Å². The van der Waals surface area contributed by atoms with Gasteiger partial charge in [-0.3, -0.25) is 9.69 Å². The zero-order valence-electron chi connectivity index (χ0n) is 20.6. The summed E-state index contributed by atoms with van der Waals surface area (Å²) in [5.41, 5.74) is 3.22. The molecule has 2 fully saturated rings. The number of nitrogens with zero attached hydrogens (tertiary/aromatic N) is 1. The number of ether oxygens (including phenoxy) is 2. The number of benzene rings is 2. The summed E-state index contributed by atoms with van der Waals surface area (Å²) in [6.45, 7) is 5.58. The van der Waals surface area contributed by atoms with Gasteiger partial charge in [-0.05, 0) is 36.1 Å². The Hall–Kier alpha value is -1.64. The zero-order valence-corrected chi connectivity index (χ0v) is 22.9. The number of aliphatic hydroxyl groups is 1. The van der Waals surface area contributed by atoms with Gasteiger partial charge in [0.1, 0.15) is 0 Å². The molecule has 3 atom stereocenters. The minimum atomic E-state index is -2.04. The molecule has 0 spiro atoms. The first-order valence-corrected chi connectivity index (χ1v) is 13.7. The number of alkyl halides is 3. The number of halogens is 3. The Labute approximate surface area is 233 Å². The molecule has 2 N–H and O–H groups in total. The fourth-order valence-corrected chi connectivity index (χ4v) is 5.17. The van der Waals surface area contributed by atoms with Crippen molar-refractivity contribution in [3.8, 4) is 0 Å². The highest BCUT2D eigenvalue weighted by atomic mass is 35.6. The molecule has 0 aromatic heterocycles. The van der Waals surface area contributed by atoms with Crippen LogP contribution in [0.2, 0.25) is 0 Å². The molecule has 1 aliphatic carbocycles. The summed E-state index contributed by atoms with van der Waals surface area (Å²) >= 11 is 17.0. The van der Waals surface area contributed by atoms with Gasteiger partial charge in [-0.25, -0.2) is 0 Å². The molecule has 4 rings (SSSR count). The predicted molar refractivity (Wildman–Crippen MR) is 148 cm³/mol. The summed E-state index contributed by atoms with van der Waals surface area (Å²) in [6.07, 6.45) is 6.79. The molecule has 200 valence electrons. The number of aliphatic hydroxyl groups excluding tert-OH is 1. The number of anilines is 1. The molecule has 2 aromatic rings. The van der Waals surface area contributed by atoms with Crippen molar-refractivity contribution in [2.75, 3.05) is 18.4 Å². The third kappa shape index (κ3) is 7.70. The van der Waals surface area contributed by atoms with Crippen LogP contribution < -0.4 is 5.32 Å². The molecule has 3 unspecified atom stereocenters. The molecular weight excluding hydrogens is 535 g/mol. The van der Waals surface area contributed by atoms with Gasteiger partial charge >= 0.3 is 0 Å². The molecule has 6 nitrogen and oxygen atoms in total. The standard InChI is InChI=1S/C28H33Cl3N2O4/c1-2-15-33(23-5-3-4-6-23)17-24-16-25(20-9-7-19(18-34)8-10-20)37-26(36-24)21-11-13-22(14-12-21)32-27(35)28(29,30)31/h2,7-14,23-26,34H,1,3-6,15-18H2,(H,32,35). The number of hydrogen-bond donors (Lipinski definition) is 2. The lowest BCUT2D eigenvalue weighted by Crippen LogP contribution is -2.43. The number of hydrogen-bond acceptors (Lipinski definition) is 5. The van der Waals surface area contributed by atoms with Crippen LogP contribution in [0.4, 0.5) is 5.69 Å². The largest absolute Gasteiger partial charge is 0.392 e. The summed E-state index contributed by atoms with van der Waals surface area (Å²) in [7, 11) is 0. The molecule has 37 heavy (non-hydrogen) atoms. The van der Waals surface area contributed by atoms with E-state index in [4.69, 9.17) is 44.3 Å². The molecule has 1 amide bonds. The van der Waals surface area contributed by atoms with Gasteiger partial charge in [0.2, 0.25) is 0 Å². The average Bonchev–Trinajstić information content (AvgIpc) is 3.43. The van der Waals surface area contributed by atoms with E-state index in [0.717, 1.165) is 29.8 Å². The third-order valence-corrected chi connectivity index (χ3v) is 7.47. The smallest absolute Gasteiger partial charge is 0.276 e. The van der Waals surface area contributed by atoms with Crippen LogP contribution >= 0.6 is 34.8 Å². The van der Waals surface area contributed by atoms with Gasteiger partial charge in [-0.1, -0.05) is 90.1 Å². The van der Waals surface area contributed by atoms with Gasteiger partial charge < -0.3 is 19.9 Å². The zero-order chi connectivity index (χ0) is 26.4. The molecule has 0 radical (unpaired) electrons. The van der Waals surface area contributed by atoms with Crippen molar-refractivity contribution in [2.45, 2.75) is 67.0 Å². The molecule has 0 bridgehead atoms. The first-order valence-electron chi connectivity index (χ1n) is 12.6. The van der Waals surface area contributed by atoms with Crippen molar-refractivity contribution < 1.29 is 19.4 Å². The number of rotatable bonds is 9. The Kier molecular flexibility index (Phi) is 9.92. The van der Waals surface area contributed by atoms with Crippen LogP contribution in [0.25, 0.3) is 0 Å². The Morgan fingerprint density at radius 3 is 2.30 bits per heavy atom. The van der Waals surface area contributed by atoms with Gasteiger partial charge in [0.25, 0.3) is 9.70 Å². The highest BCUT2D eigenvalue weighted by Gasteiger charge is 2.35. The maximum atomic E-state index is 12.0. The summed E-state index contributed by atoms with van der Waals surface area (Å²) in [5.74, 6) is -0.726. The van der Waals surface area contributed by atoms with E-state index in [1.54, 1.807) is 12.1 Å². The Balaban J connectivity index is 1.53. The summed E-state index contributed by atoms with van der Waals surface area (Å²) in [4.78, 5) is 14.5. The number of amides is 1. The highest BCUT2D eigenvalue weighted by Crippen LogP contribution is 2.39. The van der Waals surface area contributed by atoms with E-state index in [1.165, 1.54) is 25.7 Å². The summed E-state index contributed by atoms with van der Waals surface area (Å²) in [5, 5.41) is 12.0. The van der Waals surface area contributed by atoms with E-state index in [2.05, 4.69) is 16.8 Å². The Morgan fingerprint density at radius 2 is 1.70 bits per heavy atom. The van der Waals surface area contributed by atoms with E-state index >= 15 is 0 Å². The Morgan fingerprint density at radius 1 is 1.05 bits per heavy atom. The van der Waals surface area contributed by atoms with E-state index < -0.39 is 16.0 Å². The first kappa shape index (κ1) is 28.4. The van der Waals surface area contributed by atoms with Crippen LogP contribution in [0, 0.1) is 0 Å². The maximum absolute atomic E-state index is 12.0. The third-order valence-electron chi connectivity index (χ3n) is 6.96. The fraction of sp³-hybridized carbons (Fsp3) is 0.464. The number of nitrogens with one attached hydrogen (secondary N) is 1. The molecule has 1 saturated heterocycles. The minimum Gasteiger partial charge on any atom is -0.392 e. The van der Waals surface area contributed by atoms with E-state index in [0.29, 0.717) is 18.2 Å². The molecule has 1 aliphatic heterocycles. The topological polar surface area (TPSA) is 71.0 Å². The normalized spacial score (nSPS) is 22.8. The summed E-state index contributed by atoms with van der Waals surface area (Å²) < 4.78 is 10.9. The van der Waals surface area contributed by atoms with Crippen LogP contribution in [-0.2, 0) is 20.9 Å². The van der Waals surface area contributed by atoms with Crippen LogP contribution in [0.15, 0.2) is 61.2 Å². The molecule has 2 aromatic carbocycles. The lowest BCUT2D eigenvalue weighted by Gasteiger charge is -2.39. The van der Waals surface area contributed by atoms with E-state index in [-0.39, 0.29) is 18.8 Å². The van der Waals surface area contributed by atoms with E-state index in [9.17, 15) is 9.90 Å². The number of carbonyl (C=O) groups excluding carboxylic acids is 1. The second-order valence-electron chi connectivity index (χ2n) is 9.60. The monoisotopic (exact) mass is 566 g/mol. The van der Waals surface area contributed by atoms with Gasteiger partial charge in [0.15, 0.2) is 6.29 Å². The highest BCUT2D eigenvalue weighted by molar-refractivity contribution is 6.76. The Bertz CT molecular complexity index is 1040. The molecule has 9 heteroatoms. The molecule has 2 aliphatic rings.